The van der Waals surface area contributed by atoms with E-state index in [4.69, 9.17) is 4.74 Å². The highest BCUT2D eigenvalue weighted by Crippen LogP contribution is 2.16. The molecule has 1 saturated heterocycles. The Morgan fingerprint density at radius 1 is 1.47 bits per heavy atom. The molecule has 1 aromatic carbocycles. The van der Waals surface area contributed by atoms with Crippen molar-refractivity contribution < 1.29 is 13.5 Å². The number of ether oxygens (including phenoxy) is 1. The first-order valence-corrected chi connectivity index (χ1v) is 5.96. The fourth-order valence-corrected chi connectivity index (χ4v) is 2.08. The summed E-state index contributed by atoms with van der Waals surface area (Å²) in [7, 11) is 0. The maximum absolute atomic E-state index is 13.4. The topological polar surface area (TPSA) is 21.3 Å². The van der Waals surface area contributed by atoms with Gasteiger partial charge in [-0.25, -0.2) is 8.78 Å². The third kappa shape index (κ3) is 3.23. The van der Waals surface area contributed by atoms with Crippen LogP contribution in [0.3, 0.4) is 0 Å². The number of hydrogen-bond donors (Lipinski definition) is 1. The molecule has 0 saturated carbocycles. The summed E-state index contributed by atoms with van der Waals surface area (Å²) in [5.41, 5.74) is 0.356. The van der Waals surface area contributed by atoms with E-state index in [0.717, 1.165) is 31.6 Å². The van der Waals surface area contributed by atoms with Crippen LogP contribution in [-0.4, -0.2) is 18.8 Å². The van der Waals surface area contributed by atoms with Crippen LogP contribution in [0.2, 0.25) is 0 Å². The van der Waals surface area contributed by atoms with Crippen LogP contribution >= 0.6 is 0 Å². The van der Waals surface area contributed by atoms with Crippen LogP contribution in [0.4, 0.5) is 8.78 Å². The Kier molecular flexibility index (Phi) is 4.07. The lowest BCUT2D eigenvalue weighted by atomic mass is 10.1. The minimum atomic E-state index is -0.409. The van der Waals surface area contributed by atoms with Crippen LogP contribution in [0, 0.1) is 11.6 Å². The Morgan fingerprint density at radius 2 is 2.29 bits per heavy atom. The lowest BCUT2D eigenvalue weighted by molar-refractivity contribution is 0.0831. The van der Waals surface area contributed by atoms with Crippen molar-refractivity contribution >= 4 is 0 Å². The third-order valence-corrected chi connectivity index (χ3v) is 3.14. The average molecular weight is 241 g/mol. The molecule has 1 aliphatic rings. The number of nitrogens with one attached hydrogen (secondary N) is 1. The molecule has 2 rings (SSSR count). The fraction of sp³-hybridized carbons (Fsp3) is 0.538. The molecule has 0 radical (unpaired) electrons. The zero-order valence-corrected chi connectivity index (χ0v) is 9.88. The van der Waals surface area contributed by atoms with Crippen LogP contribution in [0.1, 0.15) is 25.3 Å². The molecule has 0 aromatic heterocycles. The standard InChI is InChI=1S/C13H17F2NO/c1-9(13-3-2-6-17-13)16-8-10-7-11(14)4-5-12(10)15/h4-5,7,9,13,16H,2-3,6,8H2,1H3. The van der Waals surface area contributed by atoms with Gasteiger partial charge in [0.15, 0.2) is 0 Å². The van der Waals surface area contributed by atoms with E-state index >= 15 is 0 Å². The molecule has 0 bridgehead atoms. The maximum atomic E-state index is 13.4. The first-order chi connectivity index (χ1) is 8.16. The van der Waals surface area contributed by atoms with Crippen molar-refractivity contribution in [3.8, 4) is 0 Å². The van der Waals surface area contributed by atoms with Gasteiger partial charge in [-0.3, -0.25) is 0 Å². The van der Waals surface area contributed by atoms with Gasteiger partial charge in [-0.1, -0.05) is 0 Å². The van der Waals surface area contributed by atoms with Gasteiger partial charge in [0.25, 0.3) is 0 Å². The van der Waals surface area contributed by atoms with Gasteiger partial charge in [0.2, 0.25) is 0 Å². The summed E-state index contributed by atoms with van der Waals surface area (Å²) in [5, 5.41) is 3.18. The van der Waals surface area contributed by atoms with E-state index in [0.29, 0.717) is 12.1 Å². The van der Waals surface area contributed by atoms with E-state index in [1.54, 1.807) is 0 Å². The Labute approximate surface area is 100.0 Å². The van der Waals surface area contributed by atoms with Crippen molar-refractivity contribution in [2.45, 2.75) is 38.5 Å². The normalized spacial score (nSPS) is 21.7. The SMILES string of the molecule is CC(NCc1cc(F)ccc1F)C1CCCO1. The summed E-state index contributed by atoms with van der Waals surface area (Å²) in [5.74, 6) is -0.786. The Hall–Kier alpha value is -1.00. The zero-order valence-electron chi connectivity index (χ0n) is 9.88. The van der Waals surface area contributed by atoms with Crippen molar-refractivity contribution in [2.75, 3.05) is 6.61 Å². The van der Waals surface area contributed by atoms with Crippen molar-refractivity contribution in [1.29, 1.82) is 0 Å². The highest BCUT2D eigenvalue weighted by atomic mass is 19.1. The molecule has 17 heavy (non-hydrogen) atoms. The van der Waals surface area contributed by atoms with Crippen molar-refractivity contribution in [3.05, 3.63) is 35.4 Å². The molecule has 94 valence electrons. The lowest BCUT2D eigenvalue weighted by Gasteiger charge is -2.20. The van der Waals surface area contributed by atoms with Gasteiger partial charge in [0.05, 0.1) is 6.10 Å². The first-order valence-electron chi connectivity index (χ1n) is 5.96. The molecule has 0 aliphatic carbocycles. The molecule has 1 N–H and O–H groups in total. The van der Waals surface area contributed by atoms with Gasteiger partial charge in [0.1, 0.15) is 11.6 Å². The molecular formula is C13H17F2NO. The lowest BCUT2D eigenvalue weighted by Crippen LogP contribution is -2.36. The van der Waals surface area contributed by atoms with E-state index in [-0.39, 0.29) is 18.0 Å². The molecular weight excluding hydrogens is 224 g/mol. The quantitative estimate of drug-likeness (QED) is 0.875. The minimum absolute atomic E-state index is 0.153. The predicted molar refractivity (Wildman–Crippen MR) is 61.6 cm³/mol. The summed E-state index contributed by atoms with van der Waals surface area (Å²) >= 11 is 0. The monoisotopic (exact) mass is 241 g/mol. The van der Waals surface area contributed by atoms with Gasteiger partial charge < -0.3 is 10.1 Å². The van der Waals surface area contributed by atoms with Gasteiger partial charge in [-0.05, 0) is 38.0 Å². The molecule has 2 atom stereocenters. The molecule has 4 heteroatoms. The number of halogens is 2. The van der Waals surface area contributed by atoms with E-state index in [1.807, 2.05) is 6.92 Å². The van der Waals surface area contributed by atoms with Crippen LogP contribution in [0.5, 0.6) is 0 Å². The average Bonchev–Trinajstić information content (AvgIpc) is 2.83. The number of benzene rings is 1. The first kappa shape index (κ1) is 12.5. The second-order valence-corrected chi connectivity index (χ2v) is 4.46. The summed E-state index contributed by atoms with van der Waals surface area (Å²) in [6, 6.07) is 3.66. The fourth-order valence-electron chi connectivity index (χ4n) is 2.08. The third-order valence-electron chi connectivity index (χ3n) is 3.14. The van der Waals surface area contributed by atoms with Gasteiger partial charge in [-0.2, -0.15) is 0 Å². The summed E-state index contributed by atoms with van der Waals surface area (Å²) in [6.45, 7) is 3.13. The molecule has 0 spiro atoms. The summed E-state index contributed by atoms with van der Waals surface area (Å²) < 4.78 is 31.8. The van der Waals surface area contributed by atoms with E-state index in [2.05, 4.69) is 5.32 Å². The predicted octanol–water partition coefficient (Wildman–Crippen LogP) is 2.62. The second-order valence-electron chi connectivity index (χ2n) is 4.46. The highest BCUT2D eigenvalue weighted by molar-refractivity contribution is 5.18. The smallest absolute Gasteiger partial charge is 0.127 e. The molecule has 1 fully saturated rings. The molecule has 2 unspecified atom stereocenters. The number of rotatable bonds is 4. The van der Waals surface area contributed by atoms with E-state index in [9.17, 15) is 8.78 Å². The summed E-state index contributed by atoms with van der Waals surface area (Å²) in [4.78, 5) is 0. The number of hydrogen-bond acceptors (Lipinski definition) is 2. The van der Waals surface area contributed by atoms with E-state index in [1.165, 1.54) is 6.07 Å². The molecule has 2 nitrogen and oxygen atoms in total. The molecule has 1 aromatic rings. The second kappa shape index (κ2) is 5.56. The highest BCUT2D eigenvalue weighted by Gasteiger charge is 2.21. The van der Waals surface area contributed by atoms with Crippen LogP contribution < -0.4 is 5.32 Å². The van der Waals surface area contributed by atoms with Crippen LogP contribution in [0.25, 0.3) is 0 Å². The molecule has 1 heterocycles. The Morgan fingerprint density at radius 3 is 3.00 bits per heavy atom. The summed E-state index contributed by atoms with van der Waals surface area (Å²) in [6.07, 6.45) is 2.29. The van der Waals surface area contributed by atoms with Gasteiger partial charge >= 0.3 is 0 Å². The van der Waals surface area contributed by atoms with Gasteiger partial charge in [-0.15, -0.1) is 0 Å². The van der Waals surface area contributed by atoms with E-state index < -0.39 is 5.82 Å². The zero-order chi connectivity index (χ0) is 12.3. The minimum Gasteiger partial charge on any atom is -0.377 e. The van der Waals surface area contributed by atoms with Crippen molar-refractivity contribution in [2.24, 2.45) is 0 Å². The Bertz CT molecular complexity index is 378. The van der Waals surface area contributed by atoms with Crippen molar-refractivity contribution in [1.82, 2.24) is 5.32 Å². The molecule has 1 aliphatic heterocycles. The maximum Gasteiger partial charge on any atom is 0.127 e. The Balaban J connectivity index is 1.90. The largest absolute Gasteiger partial charge is 0.377 e. The van der Waals surface area contributed by atoms with Crippen LogP contribution in [0.15, 0.2) is 18.2 Å². The van der Waals surface area contributed by atoms with Crippen molar-refractivity contribution in [3.63, 3.8) is 0 Å². The molecule has 0 amide bonds. The van der Waals surface area contributed by atoms with Crippen LogP contribution in [-0.2, 0) is 11.3 Å². The van der Waals surface area contributed by atoms with Gasteiger partial charge in [0, 0.05) is 24.8 Å².